The van der Waals surface area contributed by atoms with E-state index in [9.17, 15) is 8.78 Å². The highest BCUT2D eigenvalue weighted by molar-refractivity contribution is 9.10. The maximum absolute atomic E-state index is 13.6. The molecule has 0 heterocycles. The molecule has 0 aliphatic heterocycles. The zero-order valence-corrected chi connectivity index (χ0v) is 10.6. The fourth-order valence-electron chi connectivity index (χ4n) is 1.53. The van der Waals surface area contributed by atoms with E-state index in [-0.39, 0.29) is 12.2 Å². The van der Waals surface area contributed by atoms with Gasteiger partial charge < -0.3 is 9.47 Å². The minimum absolute atomic E-state index is 0.0988. The molecule has 0 atom stereocenters. The third-order valence-electron chi connectivity index (χ3n) is 2.28. The van der Waals surface area contributed by atoms with E-state index in [0.29, 0.717) is 15.6 Å². The van der Waals surface area contributed by atoms with Crippen LogP contribution < -0.4 is 4.74 Å². The van der Waals surface area contributed by atoms with Gasteiger partial charge in [0.25, 0.3) is 0 Å². The van der Waals surface area contributed by atoms with Gasteiger partial charge in [0.1, 0.15) is 5.75 Å². The van der Waals surface area contributed by atoms with Crippen LogP contribution in [0.1, 0.15) is 0 Å². The summed E-state index contributed by atoms with van der Waals surface area (Å²) < 4.78 is 37.1. The van der Waals surface area contributed by atoms with Crippen molar-refractivity contribution >= 4 is 26.7 Å². The van der Waals surface area contributed by atoms with E-state index in [0.717, 1.165) is 6.07 Å². The summed E-state index contributed by atoms with van der Waals surface area (Å²) in [6, 6.07) is 5.79. The average Bonchev–Trinajstić information content (AvgIpc) is 2.31. The molecule has 2 aromatic rings. The molecule has 0 aromatic heterocycles. The van der Waals surface area contributed by atoms with Crippen molar-refractivity contribution in [1.29, 1.82) is 0 Å². The van der Waals surface area contributed by atoms with Crippen LogP contribution in [0.3, 0.4) is 0 Å². The minimum atomic E-state index is -0.872. The predicted molar refractivity (Wildman–Crippen MR) is 64.1 cm³/mol. The van der Waals surface area contributed by atoms with Crippen molar-refractivity contribution in [1.82, 2.24) is 0 Å². The van der Waals surface area contributed by atoms with Crippen molar-refractivity contribution < 1.29 is 18.3 Å². The summed E-state index contributed by atoms with van der Waals surface area (Å²) in [6.45, 7) is 0.0988. The van der Waals surface area contributed by atoms with Crippen LogP contribution in [0.2, 0.25) is 0 Å². The summed E-state index contributed by atoms with van der Waals surface area (Å²) in [7, 11) is 1.51. The smallest absolute Gasteiger partial charge is 0.188 e. The van der Waals surface area contributed by atoms with Crippen LogP contribution in [0.15, 0.2) is 28.7 Å². The van der Waals surface area contributed by atoms with Gasteiger partial charge in [0.15, 0.2) is 18.4 Å². The van der Waals surface area contributed by atoms with Gasteiger partial charge in [-0.15, -0.1) is 0 Å². The van der Waals surface area contributed by atoms with Crippen molar-refractivity contribution in [3.05, 3.63) is 40.4 Å². The van der Waals surface area contributed by atoms with E-state index in [1.165, 1.54) is 13.2 Å². The minimum Gasteiger partial charge on any atom is -0.468 e. The second-order valence-electron chi connectivity index (χ2n) is 3.42. The Morgan fingerprint density at radius 2 is 2.00 bits per heavy atom. The van der Waals surface area contributed by atoms with Gasteiger partial charge in [-0.2, -0.15) is 0 Å². The zero-order chi connectivity index (χ0) is 12.4. The lowest BCUT2D eigenvalue weighted by Crippen LogP contribution is -1.99. The maximum Gasteiger partial charge on any atom is 0.188 e. The Hall–Kier alpha value is -1.20. The van der Waals surface area contributed by atoms with Gasteiger partial charge in [-0.3, -0.25) is 0 Å². The quantitative estimate of drug-likeness (QED) is 0.802. The lowest BCUT2D eigenvalue weighted by molar-refractivity contribution is 0.0512. The van der Waals surface area contributed by atoms with Gasteiger partial charge in [-0.25, -0.2) is 8.78 Å². The number of rotatable bonds is 3. The Labute approximate surface area is 105 Å². The lowest BCUT2D eigenvalue weighted by atomic mass is 10.1. The molecule has 2 rings (SSSR count). The molecule has 90 valence electrons. The lowest BCUT2D eigenvalue weighted by Gasteiger charge is -2.08. The fraction of sp³-hybridized carbons (Fsp3) is 0.167. The molecular weight excluding hydrogens is 294 g/mol. The van der Waals surface area contributed by atoms with Crippen LogP contribution in [0.4, 0.5) is 8.78 Å². The van der Waals surface area contributed by atoms with Gasteiger partial charge >= 0.3 is 0 Å². The number of ether oxygens (including phenoxy) is 2. The molecule has 0 saturated heterocycles. The van der Waals surface area contributed by atoms with Gasteiger partial charge in [-0.05, 0) is 39.5 Å². The molecule has 17 heavy (non-hydrogen) atoms. The van der Waals surface area contributed by atoms with Crippen LogP contribution in [0.5, 0.6) is 5.75 Å². The number of methoxy groups -OCH3 is 1. The van der Waals surface area contributed by atoms with Crippen molar-refractivity contribution in [2.24, 2.45) is 0 Å². The van der Waals surface area contributed by atoms with E-state index in [4.69, 9.17) is 9.47 Å². The molecule has 0 spiro atoms. The van der Waals surface area contributed by atoms with Crippen LogP contribution in [-0.4, -0.2) is 13.9 Å². The van der Waals surface area contributed by atoms with E-state index in [2.05, 4.69) is 15.9 Å². The maximum atomic E-state index is 13.6. The van der Waals surface area contributed by atoms with Crippen LogP contribution in [-0.2, 0) is 4.74 Å². The Morgan fingerprint density at radius 1 is 1.24 bits per heavy atom. The number of fused-ring (bicyclic) bond motifs is 1. The highest BCUT2D eigenvalue weighted by Crippen LogP contribution is 2.32. The molecule has 0 amide bonds. The molecule has 0 aliphatic rings. The second-order valence-corrected chi connectivity index (χ2v) is 4.27. The molecule has 0 bridgehead atoms. The first-order chi connectivity index (χ1) is 8.13. The molecule has 5 heteroatoms. The van der Waals surface area contributed by atoms with Crippen LogP contribution in [0, 0.1) is 11.6 Å². The summed E-state index contributed by atoms with van der Waals surface area (Å²) in [5.41, 5.74) is 0. The number of benzene rings is 2. The molecule has 0 unspecified atom stereocenters. The summed E-state index contributed by atoms with van der Waals surface area (Å²) in [6.07, 6.45) is 0. The topological polar surface area (TPSA) is 18.5 Å². The Balaban J connectivity index is 2.56. The van der Waals surface area contributed by atoms with E-state index >= 15 is 0 Å². The monoisotopic (exact) mass is 302 g/mol. The number of hydrogen-bond acceptors (Lipinski definition) is 2. The van der Waals surface area contributed by atoms with E-state index < -0.39 is 11.6 Å². The largest absolute Gasteiger partial charge is 0.468 e. The highest BCUT2D eigenvalue weighted by Gasteiger charge is 2.11. The fourth-order valence-corrected chi connectivity index (χ4v) is 2.16. The molecule has 2 aromatic carbocycles. The molecule has 2 nitrogen and oxygen atoms in total. The molecule has 0 radical (unpaired) electrons. The molecule has 0 fully saturated rings. The summed E-state index contributed by atoms with van der Waals surface area (Å²) in [5, 5.41) is 0.763. The molecule has 0 N–H and O–H groups in total. The van der Waals surface area contributed by atoms with Crippen LogP contribution in [0.25, 0.3) is 10.8 Å². The number of halogens is 3. The average molecular weight is 303 g/mol. The van der Waals surface area contributed by atoms with Crippen molar-refractivity contribution in [2.75, 3.05) is 13.9 Å². The Kier molecular flexibility index (Phi) is 3.59. The van der Waals surface area contributed by atoms with Crippen molar-refractivity contribution in [2.45, 2.75) is 0 Å². The van der Waals surface area contributed by atoms with E-state index in [1.807, 2.05) is 0 Å². The van der Waals surface area contributed by atoms with Crippen LogP contribution >= 0.6 is 15.9 Å². The summed E-state index contributed by atoms with van der Waals surface area (Å²) in [5.74, 6) is -1.21. The van der Waals surface area contributed by atoms with Crippen molar-refractivity contribution in [3.63, 3.8) is 0 Å². The summed E-state index contributed by atoms with van der Waals surface area (Å²) >= 11 is 3.20. The van der Waals surface area contributed by atoms with Gasteiger partial charge in [0.05, 0.1) is 0 Å². The third kappa shape index (κ3) is 2.40. The Bertz CT molecular complexity index is 558. The van der Waals surface area contributed by atoms with Gasteiger partial charge in [0.2, 0.25) is 0 Å². The van der Waals surface area contributed by atoms with E-state index in [1.54, 1.807) is 12.1 Å². The summed E-state index contributed by atoms with van der Waals surface area (Å²) in [4.78, 5) is 0. The predicted octanol–water partition coefficient (Wildman–Crippen LogP) is 3.86. The standard InChI is InChI=1S/C12H9BrF2O2/c1-16-6-17-8-4-7-2-3-10(14)12(15)11(7)9(13)5-8/h2-5H,6H2,1H3. The second kappa shape index (κ2) is 4.98. The number of hydrogen-bond donors (Lipinski definition) is 0. The molecular formula is C12H9BrF2O2. The van der Waals surface area contributed by atoms with Crippen molar-refractivity contribution in [3.8, 4) is 5.75 Å². The Morgan fingerprint density at radius 3 is 2.71 bits per heavy atom. The first-order valence-electron chi connectivity index (χ1n) is 4.82. The normalized spacial score (nSPS) is 10.8. The van der Waals surface area contributed by atoms with Gasteiger partial charge in [-0.1, -0.05) is 6.07 Å². The zero-order valence-electron chi connectivity index (χ0n) is 8.97. The SMILES string of the molecule is COCOc1cc(Br)c2c(F)c(F)ccc2c1. The highest BCUT2D eigenvalue weighted by atomic mass is 79.9. The molecule has 0 saturated carbocycles. The first kappa shape index (κ1) is 12.3. The van der Waals surface area contributed by atoms with Gasteiger partial charge in [0, 0.05) is 17.0 Å². The third-order valence-corrected chi connectivity index (χ3v) is 2.90. The molecule has 0 aliphatic carbocycles. The first-order valence-corrected chi connectivity index (χ1v) is 5.62.